The molecule has 7 heteroatoms. The standard InChI is InChI=1S/C13H22N4O3/c1-11(13(20)15(2)5-3-4-14)16-6-8-17(9-7-16)12(19)10-18/h11,18H,3,5-10H2,1-2H3. The van der Waals surface area contributed by atoms with Crippen LogP contribution in [0.1, 0.15) is 13.3 Å². The molecule has 1 aliphatic rings. The molecule has 112 valence electrons. The Morgan fingerprint density at radius 3 is 2.45 bits per heavy atom. The summed E-state index contributed by atoms with van der Waals surface area (Å²) in [6, 6.07) is 1.76. The molecule has 7 nitrogen and oxygen atoms in total. The van der Waals surface area contributed by atoms with Gasteiger partial charge in [0, 0.05) is 39.8 Å². The van der Waals surface area contributed by atoms with Gasteiger partial charge in [-0.25, -0.2) is 0 Å². The maximum atomic E-state index is 12.2. The van der Waals surface area contributed by atoms with Crippen molar-refractivity contribution >= 4 is 11.8 Å². The highest BCUT2D eigenvalue weighted by Gasteiger charge is 2.28. The minimum Gasteiger partial charge on any atom is -0.387 e. The van der Waals surface area contributed by atoms with E-state index in [2.05, 4.69) is 0 Å². The highest BCUT2D eigenvalue weighted by Crippen LogP contribution is 2.09. The Bertz CT molecular complexity index is 386. The van der Waals surface area contributed by atoms with Crippen molar-refractivity contribution in [3.63, 3.8) is 0 Å². The zero-order chi connectivity index (χ0) is 15.1. The van der Waals surface area contributed by atoms with Gasteiger partial charge in [-0.05, 0) is 6.92 Å². The molecule has 1 atom stereocenters. The number of rotatable bonds is 5. The van der Waals surface area contributed by atoms with Gasteiger partial charge in [-0.15, -0.1) is 0 Å². The number of nitriles is 1. The summed E-state index contributed by atoms with van der Waals surface area (Å²) in [6.45, 7) is 4.09. The van der Waals surface area contributed by atoms with Crippen molar-refractivity contribution in [2.45, 2.75) is 19.4 Å². The van der Waals surface area contributed by atoms with Gasteiger partial charge in [0.15, 0.2) is 0 Å². The van der Waals surface area contributed by atoms with Crippen LogP contribution in [0.4, 0.5) is 0 Å². The Kier molecular flexibility index (Phi) is 6.42. The van der Waals surface area contributed by atoms with E-state index >= 15 is 0 Å². The fourth-order valence-corrected chi connectivity index (χ4v) is 2.26. The van der Waals surface area contributed by atoms with Gasteiger partial charge in [0.25, 0.3) is 0 Å². The van der Waals surface area contributed by atoms with E-state index in [0.29, 0.717) is 39.1 Å². The smallest absolute Gasteiger partial charge is 0.248 e. The second kappa shape index (κ2) is 7.82. The molecule has 2 amide bonds. The quantitative estimate of drug-likeness (QED) is 0.690. The Labute approximate surface area is 119 Å². The van der Waals surface area contributed by atoms with Crippen molar-refractivity contribution in [2.75, 3.05) is 46.4 Å². The van der Waals surface area contributed by atoms with E-state index in [1.165, 1.54) is 0 Å². The van der Waals surface area contributed by atoms with Crippen LogP contribution < -0.4 is 0 Å². The number of aliphatic hydroxyl groups is 1. The molecular weight excluding hydrogens is 260 g/mol. The molecule has 0 aromatic rings. The second-order valence-corrected chi connectivity index (χ2v) is 4.92. The van der Waals surface area contributed by atoms with Crippen LogP contribution in [0, 0.1) is 11.3 Å². The molecule has 0 spiro atoms. The summed E-state index contributed by atoms with van der Waals surface area (Å²) < 4.78 is 0. The van der Waals surface area contributed by atoms with Crippen LogP contribution in [0.3, 0.4) is 0 Å². The van der Waals surface area contributed by atoms with Crippen molar-refractivity contribution in [3.8, 4) is 6.07 Å². The van der Waals surface area contributed by atoms with Crippen LogP contribution in [0.25, 0.3) is 0 Å². The van der Waals surface area contributed by atoms with Crippen LogP contribution in [0.15, 0.2) is 0 Å². The Balaban J connectivity index is 2.46. The van der Waals surface area contributed by atoms with Crippen molar-refractivity contribution < 1.29 is 14.7 Å². The minimum absolute atomic E-state index is 0.0119. The number of hydrogen-bond donors (Lipinski definition) is 1. The Hall–Kier alpha value is -1.65. The van der Waals surface area contributed by atoms with Gasteiger partial charge in [-0.1, -0.05) is 0 Å². The van der Waals surface area contributed by atoms with E-state index in [1.807, 2.05) is 17.9 Å². The molecule has 1 unspecified atom stereocenters. The normalized spacial score (nSPS) is 17.4. The second-order valence-electron chi connectivity index (χ2n) is 4.92. The topological polar surface area (TPSA) is 87.9 Å². The fourth-order valence-electron chi connectivity index (χ4n) is 2.26. The zero-order valence-corrected chi connectivity index (χ0v) is 12.1. The number of carbonyl (C=O) groups is 2. The molecular formula is C13H22N4O3. The van der Waals surface area contributed by atoms with Crippen molar-refractivity contribution in [1.82, 2.24) is 14.7 Å². The predicted molar refractivity (Wildman–Crippen MR) is 72.6 cm³/mol. The predicted octanol–water partition coefficient (Wildman–Crippen LogP) is -1.12. The third-order valence-corrected chi connectivity index (χ3v) is 3.64. The van der Waals surface area contributed by atoms with E-state index in [-0.39, 0.29) is 17.9 Å². The van der Waals surface area contributed by atoms with E-state index < -0.39 is 6.61 Å². The fraction of sp³-hybridized carbons (Fsp3) is 0.769. The third kappa shape index (κ3) is 4.18. The lowest BCUT2D eigenvalue weighted by Gasteiger charge is -2.38. The van der Waals surface area contributed by atoms with Gasteiger partial charge in [0.2, 0.25) is 11.8 Å². The SMILES string of the molecule is CC(C(=O)N(C)CCC#N)N1CCN(C(=O)CO)CC1. The highest BCUT2D eigenvalue weighted by atomic mass is 16.3. The average Bonchev–Trinajstić information content (AvgIpc) is 2.50. The minimum atomic E-state index is -0.467. The summed E-state index contributed by atoms with van der Waals surface area (Å²) >= 11 is 0. The molecule has 0 aromatic heterocycles. The molecule has 20 heavy (non-hydrogen) atoms. The van der Waals surface area contributed by atoms with Gasteiger partial charge >= 0.3 is 0 Å². The van der Waals surface area contributed by atoms with Crippen LogP contribution in [-0.2, 0) is 9.59 Å². The zero-order valence-electron chi connectivity index (χ0n) is 12.1. The number of likely N-dealkylation sites (N-methyl/N-ethyl adjacent to an activating group) is 1. The van der Waals surface area contributed by atoms with Gasteiger partial charge in [-0.2, -0.15) is 5.26 Å². The number of piperazine rings is 1. The third-order valence-electron chi connectivity index (χ3n) is 3.64. The maximum absolute atomic E-state index is 12.2. The molecule has 0 bridgehead atoms. The first kappa shape index (κ1) is 16.4. The van der Waals surface area contributed by atoms with Crippen LogP contribution >= 0.6 is 0 Å². The van der Waals surface area contributed by atoms with Gasteiger partial charge in [-0.3, -0.25) is 14.5 Å². The summed E-state index contributed by atoms with van der Waals surface area (Å²) in [5.41, 5.74) is 0. The first-order valence-corrected chi connectivity index (χ1v) is 6.75. The van der Waals surface area contributed by atoms with Crippen LogP contribution in [-0.4, -0.2) is 84.0 Å². The van der Waals surface area contributed by atoms with Crippen LogP contribution in [0.5, 0.6) is 0 Å². The van der Waals surface area contributed by atoms with Gasteiger partial charge in [0.1, 0.15) is 6.61 Å². The number of carbonyl (C=O) groups excluding carboxylic acids is 2. The van der Waals surface area contributed by atoms with Crippen molar-refractivity contribution in [2.24, 2.45) is 0 Å². The molecule has 1 aliphatic heterocycles. The number of amides is 2. The van der Waals surface area contributed by atoms with Crippen molar-refractivity contribution in [3.05, 3.63) is 0 Å². The lowest BCUT2D eigenvalue weighted by atomic mass is 10.2. The lowest BCUT2D eigenvalue weighted by Crippen LogP contribution is -2.55. The largest absolute Gasteiger partial charge is 0.387 e. The average molecular weight is 282 g/mol. The molecule has 1 fully saturated rings. The van der Waals surface area contributed by atoms with Gasteiger partial charge in [0.05, 0.1) is 18.5 Å². The Morgan fingerprint density at radius 2 is 1.95 bits per heavy atom. The number of hydrogen-bond acceptors (Lipinski definition) is 5. The molecule has 1 saturated heterocycles. The highest BCUT2D eigenvalue weighted by molar-refractivity contribution is 5.81. The first-order valence-electron chi connectivity index (χ1n) is 6.75. The molecule has 0 aliphatic carbocycles. The molecule has 1 rings (SSSR count). The Morgan fingerprint density at radius 1 is 1.35 bits per heavy atom. The number of aliphatic hydroxyl groups excluding tert-OH is 1. The van der Waals surface area contributed by atoms with Crippen LogP contribution in [0.2, 0.25) is 0 Å². The van der Waals surface area contributed by atoms with E-state index in [4.69, 9.17) is 10.4 Å². The summed E-state index contributed by atoms with van der Waals surface area (Å²) in [6.07, 6.45) is 0.327. The molecule has 0 aromatic carbocycles. The van der Waals surface area contributed by atoms with E-state index in [9.17, 15) is 9.59 Å². The summed E-state index contributed by atoms with van der Waals surface area (Å²) in [5.74, 6) is -0.281. The first-order chi connectivity index (χ1) is 9.51. The van der Waals surface area contributed by atoms with Gasteiger partial charge < -0.3 is 14.9 Å². The lowest BCUT2D eigenvalue weighted by molar-refractivity contribution is -0.139. The molecule has 0 radical (unpaired) electrons. The molecule has 1 heterocycles. The number of nitrogens with zero attached hydrogens (tertiary/aromatic N) is 4. The molecule has 0 saturated carbocycles. The molecule has 1 N–H and O–H groups in total. The summed E-state index contributed by atoms with van der Waals surface area (Å²) in [4.78, 5) is 28.7. The monoisotopic (exact) mass is 282 g/mol. The van der Waals surface area contributed by atoms with E-state index in [1.54, 1.807) is 16.8 Å². The summed E-state index contributed by atoms with van der Waals surface area (Å²) in [7, 11) is 1.70. The summed E-state index contributed by atoms with van der Waals surface area (Å²) in [5, 5.41) is 17.3. The van der Waals surface area contributed by atoms with Crippen molar-refractivity contribution in [1.29, 1.82) is 5.26 Å². The van der Waals surface area contributed by atoms with E-state index in [0.717, 1.165) is 0 Å². The maximum Gasteiger partial charge on any atom is 0.248 e.